The van der Waals surface area contributed by atoms with E-state index in [0.29, 0.717) is 13.0 Å². The molecule has 0 spiro atoms. The molecule has 1 N–H and O–H groups in total. The van der Waals surface area contributed by atoms with Crippen LogP contribution in [0.15, 0.2) is 109 Å². The summed E-state index contributed by atoms with van der Waals surface area (Å²) in [6.07, 6.45) is -3.59. The molecule has 0 heterocycles. The molecule has 0 fully saturated rings. The fourth-order valence-corrected chi connectivity index (χ4v) is 8.64. The summed E-state index contributed by atoms with van der Waals surface area (Å²) in [4.78, 5) is 11.5. The van der Waals surface area contributed by atoms with Gasteiger partial charge in [0.15, 0.2) is 0 Å². The van der Waals surface area contributed by atoms with Gasteiger partial charge in [0.2, 0.25) is 0 Å². The minimum absolute atomic E-state index is 0.203. The first kappa shape index (κ1) is 25.5. The van der Waals surface area contributed by atoms with Crippen molar-refractivity contribution in [1.29, 1.82) is 0 Å². The summed E-state index contributed by atoms with van der Waals surface area (Å²) in [5, 5.41) is 13.7. The largest absolute Gasteiger partial charge is 0.507 e. The van der Waals surface area contributed by atoms with Crippen molar-refractivity contribution < 1.29 is 27.8 Å². The van der Waals surface area contributed by atoms with Crippen LogP contribution in [-0.4, -0.2) is 29.8 Å². The van der Waals surface area contributed by atoms with Crippen molar-refractivity contribution in [2.24, 2.45) is 0 Å². The Morgan fingerprint density at radius 3 is 1.64 bits per heavy atom. The third-order valence-corrected chi connectivity index (χ3v) is 10.5. The van der Waals surface area contributed by atoms with E-state index >= 15 is 0 Å². The zero-order valence-corrected chi connectivity index (χ0v) is 20.3. The number of Topliss-reactive ketones (excluding diaryl/α,β-unsaturated/α-hetero) is 1. The third-order valence-electron chi connectivity index (χ3n) is 5.97. The molecule has 0 aliphatic rings. The lowest BCUT2D eigenvalue weighted by Crippen LogP contribution is -2.33. The van der Waals surface area contributed by atoms with Gasteiger partial charge >= 0.3 is 6.18 Å². The standard InChI is InChI=1S/C29H24F3O3P/c30-29(31,32)28(34)26-18-17-22(21-27(26)33)35-19-10-20-36(23-11-4-1-5-12-23,24-13-6-2-7-14-24)25-15-8-3-9-16-25/h1-9,11-18,21H,10,19-20H2/p+1. The summed E-state index contributed by atoms with van der Waals surface area (Å²) in [6.45, 7) is 0.292. The average molecular weight is 509 g/mol. The Balaban J connectivity index is 1.58. The summed E-state index contributed by atoms with van der Waals surface area (Å²) >= 11 is 0. The predicted molar refractivity (Wildman–Crippen MR) is 139 cm³/mol. The van der Waals surface area contributed by atoms with E-state index in [2.05, 4.69) is 36.4 Å². The number of hydrogen-bond acceptors (Lipinski definition) is 3. The molecule has 7 heteroatoms. The Morgan fingerprint density at radius 2 is 1.22 bits per heavy atom. The van der Waals surface area contributed by atoms with Crippen molar-refractivity contribution >= 4 is 29.0 Å². The summed E-state index contributed by atoms with van der Waals surface area (Å²) < 4.78 is 43.9. The first-order valence-electron chi connectivity index (χ1n) is 11.4. The second-order valence-corrected chi connectivity index (χ2v) is 11.9. The van der Waals surface area contributed by atoms with E-state index in [1.807, 2.05) is 54.6 Å². The van der Waals surface area contributed by atoms with Crippen LogP contribution in [0.25, 0.3) is 0 Å². The van der Waals surface area contributed by atoms with Gasteiger partial charge < -0.3 is 9.84 Å². The van der Waals surface area contributed by atoms with E-state index < -0.39 is 30.5 Å². The number of carbonyl (C=O) groups excluding carboxylic acids is 1. The monoisotopic (exact) mass is 509 g/mol. The predicted octanol–water partition coefficient (Wildman–Crippen LogP) is 5.90. The van der Waals surface area contributed by atoms with Gasteiger partial charge in [0.25, 0.3) is 5.78 Å². The molecule has 4 aromatic rings. The van der Waals surface area contributed by atoms with Gasteiger partial charge in [-0.3, -0.25) is 4.79 Å². The lowest BCUT2D eigenvalue weighted by Gasteiger charge is -2.27. The van der Waals surface area contributed by atoms with E-state index in [1.165, 1.54) is 22.0 Å². The molecule has 0 aromatic heterocycles. The van der Waals surface area contributed by atoms with Gasteiger partial charge in [0.05, 0.1) is 18.3 Å². The third kappa shape index (κ3) is 5.44. The lowest BCUT2D eigenvalue weighted by atomic mass is 10.1. The SMILES string of the molecule is O=C(c1ccc(OCCC[P+](c2ccccc2)(c2ccccc2)c2ccccc2)cc1O)C(F)(F)F. The Hall–Kier alpha value is -3.63. The molecular formula is C29H25F3O3P+. The maximum Gasteiger partial charge on any atom is 0.455 e. The van der Waals surface area contributed by atoms with Crippen molar-refractivity contribution in [2.75, 3.05) is 12.8 Å². The maximum atomic E-state index is 12.7. The number of halogens is 3. The lowest BCUT2D eigenvalue weighted by molar-refractivity contribution is -0.0886. The van der Waals surface area contributed by atoms with Crippen LogP contribution in [-0.2, 0) is 0 Å². The Labute approximate surface area is 208 Å². The van der Waals surface area contributed by atoms with Crippen LogP contribution in [0.5, 0.6) is 11.5 Å². The number of phenols is 1. The van der Waals surface area contributed by atoms with Gasteiger partial charge in [0, 0.05) is 12.5 Å². The fraction of sp³-hybridized carbons (Fsp3) is 0.138. The van der Waals surface area contributed by atoms with Crippen LogP contribution in [0.3, 0.4) is 0 Å². The molecule has 0 saturated heterocycles. The number of aromatic hydroxyl groups is 1. The molecule has 184 valence electrons. The molecular weight excluding hydrogens is 484 g/mol. The first-order valence-corrected chi connectivity index (χ1v) is 13.4. The molecule has 4 rings (SSSR count). The van der Waals surface area contributed by atoms with Crippen LogP contribution >= 0.6 is 7.26 Å². The highest BCUT2D eigenvalue weighted by molar-refractivity contribution is 7.95. The Bertz CT molecular complexity index is 1200. The molecule has 0 unspecified atom stereocenters. The molecule has 0 radical (unpaired) electrons. The van der Waals surface area contributed by atoms with E-state index in [4.69, 9.17) is 4.74 Å². The van der Waals surface area contributed by atoms with Crippen LogP contribution in [0.2, 0.25) is 0 Å². The number of carbonyl (C=O) groups is 1. The van der Waals surface area contributed by atoms with Crippen molar-refractivity contribution in [1.82, 2.24) is 0 Å². The van der Waals surface area contributed by atoms with Crippen LogP contribution in [0.1, 0.15) is 16.8 Å². The quantitative estimate of drug-likeness (QED) is 0.174. The molecule has 0 bridgehead atoms. The number of phenolic OH excluding ortho intramolecular Hbond substituents is 1. The topological polar surface area (TPSA) is 46.5 Å². The van der Waals surface area contributed by atoms with Crippen LogP contribution < -0.4 is 20.7 Å². The van der Waals surface area contributed by atoms with E-state index in [0.717, 1.165) is 18.3 Å². The number of benzene rings is 4. The van der Waals surface area contributed by atoms with Gasteiger partial charge in [-0.05, 0) is 48.5 Å². The molecule has 4 aromatic carbocycles. The van der Waals surface area contributed by atoms with Gasteiger partial charge in [0.1, 0.15) is 34.7 Å². The molecule has 36 heavy (non-hydrogen) atoms. The molecule has 0 amide bonds. The van der Waals surface area contributed by atoms with Crippen molar-refractivity contribution in [3.05, 3.63) is 115 Å². The summed E-state index contributed by atoms with van der Waals surface area (Å²) in [5.74, 6) is -2.64. The molecule has 0 aliphatic heterocycles. The molecule has 3 nitrogen and oxygen atoms in total. The van der Waals surface area contributed by atoms with E-state index in [1.54, 1.807) is 0 Å². The maximum absolute atomic E-state index is 12.7. The number of rotatable bonds is 9. The molecule has 0 saturated carbocycles. The highest BCUT2D eigenvalue weighted by Crippen LogP contribution is 2.55. The zero-order valence-electron chi connectivity index (χ0n) is 19.4. The Kier molecular flexibility index (Phi) is 7.76. The highest BCUT2D eigenvalue weighted by Gasteiger charge is 2.44. The summed E-state index contributed by atoms with van der Waals surface area (Å²) in [7, 11) is -2.02. The highest BCUT2D eigenvalue weighted by atomic mass is 31.2. The minimum Gasteiger partial charge on any atom is -0.507 e. The van der Waals surface area contributed by atoms with Gasteiger partial charge in [-0.1, -0.05) is 54.6 Å². The minimum atomic E-state index is -5.06. The van der Waals surface area contributed by atoms with Gasteiger partial charge in [-0.25, -0.2) is 0 Å². The van der Waals surface area contributed by atoms with Crippen LogP contribution in [0, 0.1) is 0 Å². The zero-order chi connectivity index (χ0) is 25.6. The van der Waals surface area contributed by atoms with Crippen molar-refractivity contribution in [2.45, 2.75) is 12.6 Å². The second kappa shape index (κ2) is 11.0. The summed E-state index contributed by atoms with van der Waals surface area (Å²) in [6, 6.07) is 34.4. The average Bonchev–Trinajstić information content (AvgIpc) is 2.90. The first-order chi connectivity index (χ1) is 17.3. The number of ketones is 1. The van der Waals surface area contributed by atoms with Crippen molar-refractivity contribution in [3.63, 3.8) is 0 Å². The van der Waals surface area contributed by atoms with Crippen molar-refractivity contribution in [3.8, 4) is 11.5 Å². The van der Waals surface area contributed by atoms with Gasteiger partial charge in [-0.2, -0.15) is 13.2 Å². The Morgan fingerprint density at radius 1 is 0.750 bits per heavy atom. The van der Waals surface area contributed by atoms with Crippen LogP contribution in [0.4, 0.5) is 13.2 Å². The van der Waals surface area contributed by atoms with E-state index in [9.17, 15) is 23.1 Å². The normalized spacial score (nSPS) is 11.8. The fourth-order valence-electron chi connectivity index (χ4n) is 4.32. The molecule has 0 atom stereocenters. The molecule has 0 aliphatic carbocycles. The number of ether oxygens (including phenoxy) is 1. The number of alkyl halides is 3. The van der Waals surface area contributed by atoms with Gasteiger partial charge in [-0.15, -0.1) is 0 Å². The smallest absolute Gasteiger partial charge is 0.455 e. The summed E-state index contributed by atoms with van der Waals surface area (Å²) in [5.41, 5.74) is -0.794. The second-order valence-electron chi connectivity index (χ2n) is 8.25. The van der Waals surface area contributed by atoms with E-state index in [-0.39, 0.29) is 5.75 Å². The number of hydrogen-bond donors (Lipinski definition) is 1.